The number of rotatable bonds is 2. The molecule has 2 aromatic heterocycles. The van der Waals surface area contributed by atoms with Gasteiger partial charge in [-0.05, 0) is 50.4 Å². The third-order valence-corrected chi connectivity index (χ3v) is 5.29. The molecule has 6 nitrogen and oxygen atoms in total. The number of nitrogens with zero attached hydrogens (tertiary/aromatic N) is 3. The lowest BCUT2D eigenvalue weighted by molar-refractivity contribution is -0.132. The number of piperidine rings is 1. The Morgan fingerprint density at radius 3 is 3.00 bits per heavy atom. The molecule has 0 radical (unpaired) electrons. The lowest BCUT2D eigenvalue weighted by Gasteiger charge is -2.32. The van der Waals surface area contributed by atoms with Gasteiger partial charge in [0, 0.05) is 31.9 Å². The van der Waals surface area contributed by atoms with E-state index in [0.29, 0.717) is 12.2 Å². The fourth-order valence-corrected chi connectivity index (χ4v) is 3.98. The molecule has 2 saturated heterocycles. The summed E-state index contributed by atoms with van der Waals surface area (Å²) in [7, 11) is 0. The number of carbonyl (C=O) groups excluding carboxylic acids is 1. The highest BCUT2D eigenvalue weighted by Crippen LogP contribution is 2.37. The Labute approximate surface area is 140 Å². The number of hydrogen-bond acceptors (Lipinski definition) is 4. The first kappa shape index (κ1) is 15.3. The van der Waals surface area contributed by atoms with Crippen LogP contribution in [0.4, 0.5) is 0 Å². The fraction of sp³-hybridized carbons (Fsp3) is 0.500. The van der Waals surface area contributed by atoms with Crippen molar-refractivity contribution in [1.82, 2.24) is 19.6 Å². The first-order chi connectivity index (χ1) is 11.6. The average Bonchev–Trinajstić information content (AvgIpc) is 2.94. The summed E-state index contributed by atoms with van der Waals surface area (Å²) in [5.41, 5.74) is 2.25. The predicted octanol–water partition coefficient (Wildman–Crippen LogP) is 1.11. The minimum Gasteiger partial charge on any atom is -0.356 e. The van der Waals surface area contributed by atoms with E-state index in [1.807, 2.05) is 19.1 Å². The Morgan fingerprint density at radius 1 is 1.29 bits per heavy atom. The number of carbonyl (C=O) groups is 1. The van der Waals surface area contributed by atoms with Gasteiger partial charge in [0.1, 0.15) is 5.65 Å². The number of fused-ring (bicyclic) bond motifs is 1. The molecule has 1 spiro atoms. The number of pyridine rings is 1. The summed E-state index contributed by atoms with van der Waals surface area (Å²) in [6.07, 6.45) is 4.67. The number of amides is 1. The van der Waals surface area contributed by atoms with E-state index in [1.54, 1.807) is 16.7 Å². The highest BCUT2D eigenvalue weighted by Gasteiger charge is 2.45. The molecule has 2 aliphatic rings. The van der Waals surface area contributed by atoms with E-state index in [2.05, 4.69) is 15.2 Å². The van der Waals surface area contributed by atoms with Crippen LogP contribution in [0.5, 0.6) is 0 Å². The average molecular weight is 326 g/mol. The second-order valence-corrected chi connectivity index (χ2v) is 7.12. The number of likely N-dealkylation sites (tertiary alicyclic amines) is 1. The molecule has 0 aliphatic carbocycles. The monoisotopic (exact) mass is 326 g/mol. The number of nitrogens with one attached hydrogen (secondary N) is 1. The van der Waals surface area contributed by atoms with E-state index in [1.165, 1.54) is 0 Å². The molecule has 0 bridgehead atoms. The van der Waals surface area contributed by atoms with Crippen LogP contribution in [0.15, 0.2) is 29.2 Å². The van der Waals surface area contributed by atoms with Gasteiger partial charge in [-0.1, -0.05) is 0 Å². The Balaban J connectivity index is 1.57. The largest absolute Gasteiger partial charge is 0.356 e. The van der Waals surface area contributed by atoms with Crippen LogP contribution in [-0.4, -0.2) is 39.8 Å². The summed E-state index contributed by atoms with van der Waals surface area (Å²) in [4.78, 5) is 31.4. The molecule has 2 fully saturated rings. The summed E-state index contributed by atoms with van der Waals surface area (Å²) in [5, 5.41) is 3.00. The van der Waals surface area contributed by atoms with Crippen molar-refractivity contribution >= 4 is 11.6 Å². The maximum Gasteiger partial charge on any atom is 0.258 e. The molecule has 126 valence electrons. The van der Waals surface area contributed by atoms with Gasteiger partial charge in [-0.15, -0.1) is 0 Å². The number of aromatic nitrogens is 2. The molecule has 24 heavy (non-hydrogen) atoms. The topological polar surface area (TPSA) is 66.7 Å². The van der Waals surface area contributed by atoms with E-state index in [-0.39, 0.29) is 16.9 Å². The van der Waals surface area contributed by atoms with Gasteiger partial charge in [0.2, 0.25) is 5.91 Å². The molecule has 0 aromatic carbocycles. The van der Waals surface area contributed by atoms with Crippen molar-refractivity contribution in [2.24, 2.45) is 5.41 Å². The van der Waals surface area contributed by atoms with Crippen LogP contribution in [0, 0.1) is 12.3 Å². The maximum atomic E-state index is 12.3. The van der Waals surface area contributed by atoms with Gasteiger partial charge in [-0.2, -0.15) is 0 Å². The first-order valence-corrected chi connectivity index (χ1v) is 8.55. The van der Waals surface area contributed by atoms with Gasteiger partial charge in [-0.25, -0.2) is 4.98 Å². The molecule has 1 atom stereocenters. The summed E-state index contributed by atoms with van der Waals surface area (Å²) >= 11 is 0. The van der Waals surface area contributed by atoms with Crippen LogP contribution in [0.3, 0.4) is 0 Å². The van der Waals surface area contributed by atoms with Crippen LogP contribution in [0.2, 0.25) is 0 Å². The predicted molar refractivity (Wildman–Crippen MR) is 90.8 cm³/mol. The summed E-state index contributed by atoms with van der Waals surface area (Å²) in [6.45, 7) is 5.04. The number of aryl methyl sites for hydroxylation is 1. The smallest absolute Gasteiger partial charge is 0.258 e. The highest BCUT2D eigenvalue weighted by molar-refractivity contribution is 5.84. The quantitative estimate of drug-likeness (QED) is 0.898. The number of hydrogen-bond donors (Lipinski definition) is 1. The first-order valence-electron chi connectivity index (χ1n) is 8.55. The molecular weight excluding hydrogens is 304 g/mol. The van der Waals surface area contributed by atoms with Gasteiger partial charge >= 0.3 is 0 Å². The molecule has 4 heterocycles. The van der Waals surface area contributed by atoms with E-state index < -0.39 is 0 Å². The summed E-state index contributed by atoms with van der Waals surface area (Å²) in [5.74, 6) is 0.193. The lowest BCUT2D eigenvalue weighted by atomic mass is 9.79. The van der Waals surface area contributed by atoms with Crippen molar-refractivity contribution in [2.45, 2.75) is 32.7 Å². The van der Waals surface area contributed by atoms with Gasteiger partial charge in [-0.3, -0.25) is 18.9 Å². The van der Waals surface area contributed by atoms with E-state index in [0.717, 1.165) is 50.2 Å². The normalized spacial score (nSPS) is 24.6. The van der Waals surface area contributed by atoms with Gasteiger partial charge in [0.15, 0.2) is 0 Å². The zero-order valence-corrected chi connectivity index (χ0v) is 13.9. The third-order valence-electron chi connectivity index (χ3n) is 5.29. The molecule has 4 rings (SSSR count). The molecule has 1 N–H and O–H groups in total. The molecule has 0 saturated carbocycles. The Bertz CT molecular complexity index is 860. The van der Waals surface area contributed by atoms with Crippen molar-refractivity contribution in [1.29, 1.82) is 0 Å². The second-order valence-electron chi connectivity index (χ2n) is 7.12. The fourth-order valence-electron chi connectivity index (χ4n) is 3.98. The summed E-state index contributed by atoms with van der Waals surface area (Å²) in [6, 6.07) is 5.43. The van der Waals surface area contributed by atoms with Crippen molar-refractivity contribution in [2.75, 3.05) is 19.6 Å². The van der Waals surface area contributed by atoms with Gasteiger partial charge < -0.3 is 5.32 Å². The van der Waals surface area contributed by atoms with Crippen LogP contribution < -0.4 is 10.9 Å². The molecule has 6 heteroatoms. The Morgan fingerprint density at radius 2 is 2.17 bits per heavy atom. The van der Waals surface area contributed by atoms with Crippen molar-refractivity contribution in [3.63, 3.8) is 0 Å². The zero-order valence-electron chi connectivity index (χ0n) is 13.9. The minimum atomic E-state index is -0.235. The molecule has 2 aromatic rings. The molecular formula is C18H22N4O2. The van der Waals surface area contributed by atoms with Gasteiger partial charge in [0.05, 0.1) is 11.1 Å². The van der Waals surface area contributed by atoms with Crippen molar-refractivity contribution in [3.05, 3.63) is 46.0 Å². The van der Waals surface area contributed by atoms with E-state index in [9.17, 15) is 9.59 Å². The lowest BCUT2D eigenvalue weighted by Crippen LogP contribution is -2.47. The van der Waals surface area contributed by atoms with Crippen LogP contribution in [-0.2, 0) is 11.3 Å². The summed E-state index contributed by atoms with van der Waals surface area (Å²) < 4.78 is 1.57. The molecule has 0 unspecified atom stereocenters. The van der Waals surface area contributed by atoms with Crippen molar-refractivity contribution < 1.29 is 4.79 Å². The highest BCUT2D eigenvalue weighted by atomic mass is 16.2. The van der Waals surface area contributed by atoms with Crippen LogP contribution >= 0.6 is 0 Å². The van der Waals surface area contributed by atoms with E-state index >= 15 is 0 Å². The SMILES string of the molecule is Cc1ccn2c(=O)cc(CN3CC[C@@]4(CCCNC4=O)C3)nc2c1. The van der Waals surface area contributed by atoms with Crippen LogP contribution in [0.1, 0.15) is 30.5 Å². The Kier molecular flexibility index (Phi) is 3.64. The Hall–Kier alpha value is -2.21. The standard InChI is InChI=1S/C18H22N4O2/c1-13-3-7-22-15(9-13)20-14(10-16(22)23)11-21-8-5-18(12-21)4-2-6-19-17(18)24/h3,7,9-10H,2,4-6,8,11-12H2,1H3,(H,19,24)/t18-/m0/s1. The molecule has 1 amide bonds. The van der Waals surface area contributed by atoms with Crippen molar-refractivity contribution in [3.8, 4) is 0 Å². The third kappa shape index (κ3) is 2.60. The van der Waals surface area contributed by atoms with Gasteiger partial charge in [0.25, 0.3) is 5.56 Å². The van der Waals surface area contributed by atoms with Crippen LogP contribution in [0.25, 0.3) is 5.65 Å². The minimum absolute atomic E-state index is 0.0562. The maximum absolute atomic E-state index is 12.3. The van der Waals surface area contributed by atoms with E-state index in [4.69, 9.17) is 0 Å². The molecule has 2 aliphatic heterocycles. The zero-order chi connectivity index (χ0) is 16.7. The second kappa shape index (κ2) is 5.70.